The molecule has 188 valence electrons. The maximum absolute atomic E-state index is 12.2. The van der Waals surface area contributed by atoms with Crippen molar-refractivity contribution in [2.75, 3.05) is 12.4 Å². The Hall–Kier alpha value is -0.810. The molecule has 0 bridgehead atoms. The molecule has 1 aliphatic rings. The molecule has 2 unspecified atom stereocenters. The van der Waals surface area contributed by atoms with Crippen LogP contribution in [0.2, 0.25) is 0 Å². The van der Waals surface area contributed by atoms with Crippen molar-refractivity contribution in [3.63, 3.8) is 0 Å². The number of hydrogen-bond acceptors (Lipinski definition) is 5. The van der Waals surface area contributed by atoms with Gasteiger partial charge in [0.1, 0.15) is 0 Å². The van der Waals surface area contributed by atoms with Gasteiger partial charge in [-0.25, -0.2) is 4.98 Å². The number of esters is 1. The molecule has 33 heavy (non-hydrogen) atoms. The second-order valence-corrected chi connectivity index (χ2v) is 12.1. The van der Waals surface area contributed by atoms with Crippen molar-refractivity contribution in [1.29, 1.82) is 0 Å². The van der Waals surface area contributed by atoms with Gasteiger partial charge in [0, 0.05) is 5.75 Å². The molecule has 0 aromatic carbocycles. The van der Waals surface area contributed by atoms with Gasteiger partial charge in [-0.2, -0.15) is 0 Å². The summed E-state index contributed by atoms with van der Waals surface area (Å²) < 4.78 is 6.66. The Bertz CT molecular complexity index is 740. The summed E-state index contributed by atoms with van der Waals surface area (Å²) >= 11 is 3.59. The fraction of sp³-hybridized carbons (Fsp3) is 0.786. The maximum Gasteiger partial charge on any atom is 0.306 e. The molecule has 0 N–H and O–H groups in total. The molecule has 2 atom stereocenters. The van der Waals surface area contributed by atoms with Crippen LogP contribution in [0.15, 0.2) is 9.91 Å². The largest absolute Gasteiger partial charge is 0.465 e. The lowest BCUT2D eigenvalue weighted by molar-refractivity contribution is -0.144. The van der Waals surface area contributed by atoms with E-state index < -0.39 is 0 Å². The molecule has 1 aliphatic carbocycles. The predicted molar refractivity (Wildman–Crippen MR) is 145 cm³/mol. The molecule has 1 heterocycles. The van der Waals surface area contributed by atoms with Crippen molar-refractivity contribution >= 4 is 34.6 Å². The predicted octanol–water partition coefficient (Wildman–Crippen LogP) is 9.10. The molecule has 0 spiro atoms. The number of ether oxygens (including phenoxy) is 1. The Labute approximate surface area is 211 Å². The number of aryl methyl sites for hydroxylation is 1. The van der Waals surface area contributed by atoms with Crippen molar-refractivity contribution in [3.8, 4) is 0 Å². The molecule has 3 nitrogen and oxygen atoms in total. The molecule has 2 rings (SSSR count). The average molecular weight is 494 g/mol. The number of rotatable bonds is 12. The third-order valence-corrected chi connectivity index (χ3v) is 9.31. The van der Waals surface area contributed by atoms with E-state index in [1.54, 1.807) is 22.9 Å². The highest BCUT2D eigenvalue weighted by Gasteiger charge is 2.20. The van der Waals surface area contributed by atoms with Crippen LogP contribution in [0.1, 0.15) is 122 Å². The van der Waals surface area contributed by atoms with E-state index in [0.717, 1.165) is 42.2 Å². The number of hydrogen-bond donors (Lipinski definition) is 0. The van der Waals surface area contributed by atoms with Crippen LogP contribution in [0.3, 0.4) is 0 Å². The zero-order valence-electron chi connectivity index (χ0n) is 21.8. The van der Waals surface area contributed by atoms with Crippen molar-refractivity contribution in [3.05, 3.63) is 16.1 Å². The third-order valence-electron chi connectivity index (χ3n) is 7.00. The molecule has 0 fully saturated rings. The topological polar surface area (TPSA) is 39.2 Å². The SMILES string of the molecule is CCCc1nc(SCCC(=O)OCC(CC)CCC)sc1/C1=C(/C)C(C)CCCCCCC1. The van der Waals surface area contributed by atoms with E-state index in [1.807, 2.05) is 11.3 Å². The smallest absolute Gasteiger partial charge is 0.306 e. The monoisotopic (exact) mass is 493 g/mol. The second-order valence-electron chi connectivity index (χ2n) is 9.72. The summed E-state index contributed by atoms with van der Waals surface area (Å²) in [6, 6.07) is 0. The fourth-order valence-electron chi connectivity index (χ4n) is 4.64. The minimum absolute atomic E-state index is 0.0673. The standard InChI is InChI=1S/C28H47NO2S2/c1-6-14-23(8-3)20-31-26(30)18-19-32-28-29-25(15-7-2)27(33-28)24-17-13-11-9-10-12-16-21(4)22(24)5/h21,23H,6-20H2,1-5H3/b24-22-. The van der Waals surface area contributed by atoms with E-state index in [-0.39, 0.29) is 5.97 Å². The van der Waals surface area contributed by atoms with Crippen LogP contribution >= 0.6 is 23.1 Å². The molecule has 0 aliphatic heterocycles. The average Bonchev–Trinajstić information content (AvgIpc) is 3.20. The Kier molecular flexibility index (Phi) is 13.8. The summed E-state index contributed by atoms with van der Waals surface area (Å²) in [7, 11) is 0. The zero-order chi connectivity index (χ0) is 24.1. The third kappa shape index (κ3) is 9.76. The summed E-state index contributed by atoms with van der Waals surface area (Å²) in [6.07, 6.45) is 15.2. The minimum atomic E-state index is -0.0673. The van der Waals surface area contributed by atoms with Gasteiger partial charge in [0.15, 0.2) is 4.34 Å². The van der Waals surface area contributed by atoms with Crippen molar-refractivity contribution in [2.24, 2.45) is 11.8 Å². The number of thiazole rings is 1. The van der Waals surface area contributed by atoms with E-state index in [9.17, 15) is 4.79 Å². The highest BCUT2D eigenvalue weighted by Crippen LogP contribution is 2.39. The molecule has 0 amide bonds. The van der Waals surface area contributed by atoms with Crippen LogP contribution in [0.25, 0.3) is 5.57 Å². The van der Waals surface area contributed by atoms with Gasteiger partial charge in [0.2, 0.25) is 0 Å². The normalized spacial score (nSPS) is 21.1. The first kappa shape index (κ1) is 28.4. The molecular formula is C28H47NO2S2. The highest BCUT2D eigenvalue weighted by molar-refractivity contribution is 8.01. The van der Waals surface area contributed by atoms with Gasteiger partial charge in [-0.3, -0.25) is 4.79 Å². The van der Waals surface area contributed by atoms with Crippen LogP contribution in [0.5, 0.6) is 0 Å². The molecule has 5 heteroatoms. The lowest BCUT2D eigenvalue weighted by atomic mass is 9.87. The lowest BCUT2D eigenvalue weighted by Gasteiger charge is -2.20. The van der Waals surface area contributed by atoms with E-state index >= 15 is 0 Å². The van der Waals surface area contributed by atoms with Gasteiger partial charge in [-0.15, -0.1) is 11.3 Å². The van der Waals surface area contributed by atoms with E-state index in [0.29, 0.717) is 24.9 Å². The van der Waals surface area contributed by atoms with Crippen molar-refractivity contribution < 1.29 is 9.53 Å². The van der Waals surface area contributed by atoms with E-state index in [4.69, 9.17) is 9.72 Å². The number of nitrogens with zero attached hydrogens (tertiary/aromatic N) is 1. The van der Waals surface area contributed by atoms with Gasteiger partial charge in [0.25, 0.3) is 0 Å². The summed E-state index contributed by atoms with van der Waals surface area (Å²) in [4.78, 5) is 18.7. The molecule has 1 aromatic heterocycles. The Morgan fingerprint density at radius 1 is 1.15 bits per heavy atom. The minimum Gasteiger partial charge on any atom is -0.465 e. The van der Waals surface area contributed by atoms with Gasteiger partial charge in [-0.05, 0) is 56.4 Å². The molecule has 0 saturated carbocycles. The van der Waals surface area contributed by atoms with Gasteiger partial charge in [0.05, 0.1) is 23.6 Å². The zero-order valence-corrected chi connectivity index (χ0v) is 23.5. The lowest BCUT2D eigenvalue weighted by Crippen LogP contribution is -2.14. The van der Waals surface area contributed by atoms with Gasteiger partial charge >= 0.3 is 5.97 Å². The second kappa shape index (κ2) is 16.0. The number of carbonyl (C=O) groups is 1. The number of aromatic nitrogens is 1. The summed E-state index contributed by atoms with van der Waals surface area (Å²) in [5, 5.41) is 0. The van der Waals surface area contributed by atoms with Crippen LogP contribution in [-0.2, 0) is 16.0 Å². The van der Waals surface area contributed by atoms with Gasteiger partial charge < -0.3 is 4.74 Å². The Morgan fingerprint density at radius 2 is 1.91 bits per heavy atom. The highest BCUT2D eigenvalue weighted by atomic mass is 32.2. The van der Waals surface area contributed by atoms with Gasteiger partial charge in [-0.1, -0.05) is 90.0 Å². The fourth-order valence-corrected chi connectivity index (χ4v) is 6.97. The van der Waals surface area contributed by atoms with Crippen molar-refractivity contribution in [2.45, 2.75) is 122 Å². The van der Waals surface area contributed by atoms with Crippen LogP contribution < -0.4 is 0 Å². The summed E-state index contributed by atoms with van der Waals surface area (Å²) in [6.45, 7) is 11.9. The summed E-state index contributed by atoms with van der Waals surface area (Å²) in [5.74, 6) is 1.83. The molecule has 0 radical (unpaired) electrons. The molecular weight excluding hydrogens is 446 g/mol. The Balaban J connectivity index is 2.04. The van der Waals surface area contributed by atoms with Crippen LogP contribution in [0, 0.1) is 11.8 Å². The molecule has 0 saturated heterocycles. The van der Waals surface area contributed by atoms with Crippen molar-refractivity contribution in [1.82, 2.24) is 4.98 Å². The molecule has 1 aromatic rings. The quantitative estimate of drug-likeness (QED) is 0.215. The maximum atomic E-state index is 12.2. The summed E-state index contributed by atoms with van der Waals surface area (Å²) in [5.41, 5.74) is 4.42. The number of allylic oxidation sites excluding steroid dienone is 2. The first-order chi connectivity index (χ1) is 16.0. The number of thioether (sulfide) groups is 1. The van der Waals surface area contributed by atoms with Crippen LogP contribution in [-0.4, -0.2) is 23.3 Å². The number of carbonyl (C=O) groups excluding carboxylic acids is 1. The Morgan fingerprint density at radius 3 is 2.64 bits per heavy atom. The van der Waals surface area contributed by atoms with E-state index in [1.165, 1.54) is 55.5 Å². The van der Waals surface area contributed by atoms with E-state index in [2.05, 4.69) is 34.6 Å². The first-order valence-corrected chi connectivity index (χ1v) is 15.3. The van der Waals surface area contributed by atoms with Crippen LogP contribution in [0.4, 0.5) is 0 Å². The first-order valence-electron chi connectivity index (χ1n) is 13.5.